The maximum Gasteiger partial charge on any atom is 0.315 e. The molecule has 28 heavy (non-hydrogen) atoms. The molecule has 0 fully saturated rings. The number of hydrogen-bond acceptors (Lipinski definition) is 7. The van der Waals surface area contributed by atoms with E-state index in [1.165, 1.54) is 0 Å². The van der Waals surface area contributed by atoms with Crippen LogP contribution in [0.3, 0.4) is 0 Å². The van der Waals surface area contributed by atoms with E-state index in [4.69, 9.17) is 9.40 Å². The van der Waals surface area contributed by atoms with E-state index in [1.807, 2.05) is 50.2 Å². The maximum absolute atomic E-state index is 5.71. The Hall–Kier alpha value is -3.22. The van der Waals surface area contributed by atoms with Crippen molar-refractivity contribution in [2.24, 2.45) is 0 Å². The second-order valence-electron chi connectivity index (χ2n) is 6.80. The lowest BCUT2D eigenvalue weighted by atomic mass is 10.1. The summed E-state index contributed by atoms with van der Waals surface area (Å²) in [6.45, 7) is 8.90. The summed E-state index contributed by atoms with van der Waals surface area (Å²) in [4.78, 5) is 11.2. The van der Waals surface area contributed by atoms with Gasteiger partial charge in [-0.3, -0.25) is 4.98 Å². The molecule has 0 amide bonds. The van der Waals surface area contributed by atoms with Gasteiger partial charge in [0.05, 0.1) is 17.6 Å². The molecule has 3 rings (SSSR count). The number of benzene rings is 1. The van der Waals surface area contributed by atoms with E-state index in [2.05, 4.69) is 34.0 Å². The number of hydrogen-bond donors (Lipinski definition) is 1. The smallest absolute Gasteiger partial charge is 0.315 e. The Morgan fingerprint density at radius 3 is 2.61 bits per heavy atom. The fourth-order valence-corrected chi connectivity index (χ4v) is 2.65. The topological polar surface area (TPSA) is 80.0 Å². The third-order valence-corrected chi connectivity index (χ3v) is 4.44. The van der Waals surface area contributed by atoms with E-state index in [-0.39, 0.29) is 0 Å². The third kappa shape index (κ3) is 4.36. The summed E-state index contributed by atoms with van der Waals surface area (Å²) in [6.07, 6.45) is 3.90. The van der Waals surface area contributed by atoms with Crippen LogP contribution < -0.4 is 5.32 Å². The fourth-order valence-electron chi connectivity index (χ4n) is 2.65. The van der Waals surface area contributed by atoms with E-state index in [9.17, 15) is 0 Å². The van der Waals surface area contributed by atoms with Crippen LogP contribution >= 0.6 is 0 Å². The molecule has 0 aliphatic heterocycles. The third-order valence-electron chi connectivity index (χ3n) is 4.44. The van der Waals surface area contributed by atoms with Crippen molar-refractivity contribution in [1.82, 2.24) is 25.1 Å². The predicted octanol–water partition coefficient (Wildman–Crippen LogP) is 4.25. The molecular weight excluding hydrogens is 352 g/mol. The van der Waals surface area contributed by atoms with Gasteiger partial charge in [0, 0.05) is 31.9 Å². The molecule has 0 spiro atoms. The molecule has 1 N–H and O–H groups in total. The van der Waals surface area contributed by atoms with Gasteiger partial charge in [0.25, 0.3) is 5.89 Å². The van der Waals surface area contributed by atoms with E-state index in [0.29, 0.717) is 17.6 Å². The monoisotopic (exact) mass is 378 g/mol. The first-order valence-corrected chi connectivity index (χ1v) is 9.38. The van der Waals surface area contributed by atoms with E-state index in [1.54, 1.807) is 6.20 Å². The average Bonchev–Trinajstić information content (AvgIpc) is 3.17. The standard InChI is InChI=1S/C21H26N6O/c1-6-7-12-22-21-26-25-20(28-21)19-14(2)23-13-18(24-19)17-10-8-16(9-11-17)15(3)27(4)5/h8-11,13H,3,6-7,12H2,1-2,4-5H3,(H,22,26). The van der Waals surface area contributed by atoms with Gasteiger partial charge in [0.2, 0.25) is 0 Å². The highest BCUT2D eigenvalue weighted by Gasteiger charge is 2.15. The molecule has 0 aliphatic carbocycles. The van der Waals surface area contributed by atoms with Crippen LogP contribution in [-0.2, 0) is 0 Å². The molecule has 3 aromatic rings. The molecule has 7 nitrogen and oxygen atoms in total. The van der Waals surface area contributed by atoms with Crippen LogP contribution in [0.2, 0.25) is 0 Å². The summed E-state index contributed by atoms with van der Waals surface area (Å²) in [5, 5.41) is 11.3. The molecule has 0 aliphatic rings. The van der Waals surface area contributed by atoms with Crippen LogP contribution in [0.15, 0.2) is 41.5 Å². The number of nitrogens with zero attached hydrogens (tertiary/aromatic N) is 5. The Morgan fingerprint density at radius 1 is 1.18 bits per heavy atom. The van der Waals surface area contributed by atoms with Gasteiger partial charge in [-0.2, -0.15) is 0 Å². The van der Waals surface area contributed by atoms with Gasteiger partial charge in [-0.1, -0.05) is 49.3 Å². The highest BCUT2D eigenvalue weighted by molar-refractivity contribution is 5.67. The molecule has 2 aromatic heterocycles. The van der Waals surface area contributed by atoms with Crippen LogP contribution in [0.5, 0.6) is 0 Å². The summed E-state index contributed by atoms with van der Waals surface area (Å²) in [7, 11) is 3.95. The van der Waals surface area contributed by atoms with Crippen molar-refractivity contribution >= 4 is 11.7 Å². The van der Waals surface area contributed by atoms with E-state index < -0.39 is 0 Å². The molecule has 7 heteroatoms. The lowest BCUT2D eigenvalue weighted by Gasteiger charge is -2.16. The largest absolute Gasteiger partial charge is 0.402 e. The first-order valence-electron chi connectivity index (χ1n) is 9.38. The fraction of sp³-hybridized carbons (Fsp3) is 0.333. The molecule has 0 atom stereocenters. The summed E-state index contributed by atoms with van der Waals surface area (Å²) in [5.41, 5.74) is 5.07. The molecule has 0 bridgehead atoms. The maximum atomic E-state index is 5.71. The van der Waals surface area contributed by atoms with Crippen molar-refractivity contribution in [1.29, 1.82) is 0 Å². The van der Waals surface area contributed by atoms with Gasteiger partial charge < -0.3 is 14.6 Å². The molecule has 0 saturated heterocycles. The van der Waals surface area contributed by atoms with Gasteiger partial charge in [-0.05, 0) is 18.9 Å². The number of nitrogens with one attached hydrogen (secondary N) is 1. The molecule has 0 radical (unpaired) electrons. The average molecular weight is 378 g/mol. The predicted molar refractivity (Wildman–Crippen MR) is 112 cm³/mol. The van der Waals surface area contributed by atoms with E-state index >= 15 is 0 Å². The Kier molecular flexibility index (Phi) is 6.03. The molecule has 1 aromatic carbocycles. The molecule has 146 valence electrons. The Labute approximate surface area is 165 Å². The van der Waals surface area contributed by atoms with Gasteiger partial charge in [0.15, 0.2) is 0 Å². The zero-order valence-corrected chi connectivity index (χ0v) is 16.9. The molecule has 2 heterocycles. The lowest BCUT2D eigenvalue weighted by Crippen LogP contribution is -2.08. The quantitative estimate of drug-likeness (QED) is 0.587. The number of rotatable bonds is 8. The Bertz CT molecular complexity index is 946. The van der Waals surface area contributed by atoms with Crippen molar-refractivity contribution < 1.29 is 4.42 Å². The van der Waals surface area contributed by atoms with E-state index in [0.717, 1.165) is 47.6 Å². The molecular formula is C21H26N6O. The van der Waals surface area contributed by atoms with Crippen molar-refractivity contribution in [3.8, 4) is 22.8 Å². The first kappa shape index (κ1) is 19.5. The summed E-state index contributed by atoms with van der Waals surface area (Å²) < 4.78 is 5.71. The van der Waals surface area contributed by atoms with Crippen LogP contribution in [-0.4, -0.2) is 45.7 Å². The Morgan fingerprint density at radius 2 is 1.93 bits per heavy atom. The van der Waals surface area contributed by atoms with Gasteiger partial charge >= 0.3 is 6.01 Å². The van der Waals surface area contributed by atoms with Crippen molar-refractivity contribution in [3.05, 3.63) is 48.3 Å². The highest BCUT2D eigenvalue weighted by Crippen LogP contribution is 2.25. The summed E-state index contributed by atoms with van der Waals surface area (Å²) in [5.74, 6) is 0.364. The van der Waals surface area contributed by atoms with Crippen molar-refractivity contribution in [2.45, 2.75) is 26.7 Å². The second-order valence-corrected chi connectivity index (χ2v) is 6.80. The van der Waals surface area contributed by atoms with Crippen LogP contribution in [0, 0.1) is 6.92 Å². The number of unbranched alkanes of at least 4 members (excludes halogenated alkanes) is 1. The zero-order chi connectivity index (χ0) is 20.1. The second kappa shape index (κ2) is 8.65. The van der Waals surface area contributed by atoms with Crippen molar-refractivity contribution in [3.63, 3.8) is 0 Å². The first-order chi connectivity index (χ1) is 13.5. The lowest BCUT2D eigenvalue weighted by molar-refractivity contribution is 0.576. The minimum absolute atomic E-state index is 0.364. The number of aryl methyl sites for hydroxylation is 1. The van der Waals surface area contributed by atoms with Crippen LogP contribution in [0.4, 0.5) is 6.01 Å². The minimum atomic E-state index is 0.364. The molecule has 0 unspecified atom stereocenters. The van der Waals surface area contributed by atoms with Crippen molar-refractivity contribution in [2.75, 3.05) is 26.0 Å². The number of anilines is 1. The normalized spacial score (nSPS) is 10.7. The van der Waals surface area contributed by atoms with Crippen LogP contribution in [0.1, 0.15) is 31.0 Å². The SMILES string of the molecule is C=C(c1ccc(-c2cnc(C)c(-c3nnc(NCCCC)o3)n2)cc1)N(C)C. The van der Waals surface area contributed by atoms with Crippen LogP contribution in [0.25, 0.3) is 28.5 Å². The zero-order valence-electron chi connectivity index (χ0n) is 16.9. The highest BCUT2D eigenvalue weighted by atomic mass is 16.4. The van der Waals surface area contributed by atoms with Gasteiger partial charge in [-0.15, -0.1) is 5.10 Å². The van der Waals surface area contributed by atoms with Gasteiger partial charge in [0.1, 0.15) is 5.69 Å². The molecule has 0 saturated carbocycles. The van der Waals surface area contributed by atoms with Gasteiger partial charge in [-0.25, -0.2) is 4.98 Å². The summed E-state index contributed by atoms with van der Waals surface area (Å²) >= 11 is 0. The number of aromatic nitrogens is 4. The minimum Gasteiger partial charge on any atom is -0.402 e. The summed E-state index contributed by atoms with van der Waals surface area (Å²) in [6, 6.07) is 8.49. The Balaban J connectivity index is 1.85.